The number of rotatable bonds is 6. The van der Waals surface area contributed by atoms with Gasteiger partial charge in [0.2, 0.25) is 0 Å². The van der Waals surface area contributed by atoms with E-state index in [1.807, 2.05) is 57.3 Å². The summed E-state index contributed by atoms with van der Waals surface area (Å²) in [7, 11) is 0. The van der Waals surface area contributed by atoms with Gasteiger partial charge in [0.1, 0.15) is 5.82 Å². The highest BCUT2D eigenvalue weighted by molar-refractivity contribution is 5.83. The Bertz CT molecular complexity index is 808. The number of anilines is 1. The summed E-state index contributed by atoms with van der Waals surface area (Å²) in [5.41, 5.74) is 7.32. The molecule has 1 aromatic carbocycles. The second-order valence-electron chi connectivity index (χ2n) is 5.44. The molecule has 1 heterocycles. The van der Waals surface area contributed by atoms with E-state index in [9.17, 15) is 0 Å². The summed E-state index contributed by atoms with van der Waals surface area (Å²) >= 11 is 0. The number of hydrogen-bond acceptors (Lipinski definition) is 2. The molecule has 0 aliphatic carbocycles. The molecule has 2 aromatic rings. The van der Waals surface area contributed by atoms with Gasteiger partial charge in [0.25, 0.3) is 0 Å². The molecule has 118 valence electrons. The van der Waals surface area contributed by atoms with Gasteiger partial charge in [0.05, 0.1) is 0 Å². The van der Waals surface area contributed by atoms with Gasteiger partial charge < -0.3 is 15.6 Å². The van der Waals surface area contributed by atoms with Crippen LogP contribution in [0.2, 0.25) is 0 Å². The van der Waals surface area contributed by atoms with Crippen LogP contribution in [0, 0.1) is 0 Å². The van der Waals surface area contributed by atoms with E-state index in [0.29, 0.717) is 5.82 Å². The molecule has 0 saturated carbocycles. The number of nitrogens with one attached hydrogen (secondary N) is 3. The maximum atomic E-state index is 4.04. The smallest absolute Gasteiger partial charge is 0.100 e. The molecule has 3 heteroatoms. The number of allylic oxidation sites excluding steroid dienone is 4. The predicted molar refractivity (Wildman–Crippen MR) is 100 cm³/mol. The average Bonchev–Trinajstić information content (AvgIpc) is 2.94. The lowest BCUT2D eigenvalue weighted by Crippen LogP contribution is -2.17. The van der Waals surface area contributed by atoms with Gasteiger partial charge in [-0.1, -0.05) is 18.7 Å². The molecule has 23 heavy (non-hydrogen) atoms. The van der Waals surface area contributed by atoms with Crippen molar-refractivity contribution in [1.29, 1.82) is 0 Å². The van der Waals surface area contributed by atoms with Crippen LogP contribution in [0.15, 0.2) is 84.2 Å². The predicted octanol–water partition coefficient (Wildman–Crippen LogP) is 5.22. The van der Waals surface area contributed by atoms with Crippen molar-refractivity contribution in [3.8, 4) is 0 Å². The van der Waals surface area contributed by atoms with Crippen LogP contribution in [-0.4, -0.2) is 4.98 Å². The van der Waals surface area contributed by atoms with Gasteiger partial charge in [-0.25, -0.2) is 0 Å². The van der Waals surface area contributed by atoms with Crippen molar-refractivity contribution in [1.82, 2.24) is 10.3 Å². The number of fused-ring (bicyclic) bond motifs is 1. The van der Waals surface area contributed by atoms with E-state index in [0.717, 1.165) is 22.5 Å². The Labute approximate surface area is 137 Å². The number of aromatic nitrogens is 1. The molecule has 0 unspecified atom stereocenters. The third-order valence-corrected chi connectivity index (χ3v) is 3.13. The van der Waals surface area contributed by atoms with E-state index in [-0.39, 0.29) is 0 Å². The molecule has 3 nitrogen and oxygen atoms in total. The molecule has 0 fully saturated rings. The fourth-order valence-corrected chi connectivity index (χ4v) is 2.12. The lowest BCUT2D eigenvalue weighted by atomic mass is 10.2. The highest BCUT2D eigenvalue weighted by Gasteiger charge is 1.99. The highest BCUT2D eigenvalue weighted by Crippen LogP contribution is 2.18. The van der Waals surface area contributed by atoms with Crippen LogP contribution in [-0.2, 0) is 0 Å². The summed E-state index contributed by atoms with van der Waals surface area (Å²) in [6, 6.07) is 8.21. The van der Waals surface area contributed by atoms with Crippen molar-refractivity contribution in [3.05, 3.63) is 84.2 Å². The summed E-state index contributed by atoms with van der Waals surface area (Å²) in [6.07, 6.45) is 9.77. The van der Waals surface area contributed by atoms with E-state index in [1.165, 1.54) is 5.39 Å². The normalized spacial score (nSPS) is 11.3. The van der Waals surface area contributed by atoms with Gasteiger partial charge in [-0.05, 0) is 68.2 Å². The number of aromatic amines is 1. The Balaban J connectivity index is 2.07. The SMILES string of the molecule is C=C(NC(/C=C\C)=C/C=C=C(C)C)Nc1ccc2cc[nH]c2c1. The first kappa shape index (κ1) is 16.5. The third kappa shape index (κ3) is 5.10. The minimum absolute atomic E-state index is 0.714. The molecule has 1 aromatic heterocycles. The summed E-state index contributed by atoms with van der Waals surface area (Å²) in [5, 5.41) is 7.72. The van der Waals surface area contributed by atoms with E-state index in [4.69, 9.17) is 0 Å². The zero-order valence-corrected chi connectivity index (χ0v) is 13.9. The summed E-state index contributed by atoms with van der Waals surface area (Å²) in [4.78, 5) is 3.20. The Kier molecular flexibility index (Phi) is 5.67. The van der Waals surface area contributed by atoms with Crippen molar-refractivity contribution >= 4 is 16.6 Å². The molecule has 0 amide bonds. The van der Waals surface area contributed by atoms with E-state index < -0.39 is 0 Å². The second-order valence-corrected chi connectivity index (χ2v) is 5.44. The number of benzene rings is 1. The number of hydrogen-bond donors (Lipinski definition) is 3. The number of H-pyrrole nitrogens is 1. The van der Waals surface area contributed by atoms with Crippen molar-refractivity contribution in [2.45, 2.75) is 20.8 Å². The molecule has 2 rings (SSSR count). The summed E-state index contributed by atoms with van der Waals surface area (Å²) in [5.74, 6) is 0.714. The van der Waals surface area contributed by atoms with E-state index in [1.54, 1.807) is 0 Å². The van der Waals surface area contributed by atoms with Crippen molar-refractivity contribution in [2.24, 2.45) is 0 Å². The first-order valence-electron chi connectivity index (χ1n) is 7.61. The van der Waals surface area contributed by atoms with Gasteiger partial charge in [-0.2, -0.15) is 0 Å². The largest absolute Gasteiger partial charge is 0.361 e. The summed E-state index contributed by atoms with van der Waals surface area (Å²) in [6.45, 7) is 10.1. The maximum absolute atomic E-state index is 4.04. The lowest BCUT2D eigenvalue weighted by Gasteiger charge is -2.13. The van der Waals surface area contributed by atoms with Crippen LogP contribution in [0.1, 0.15) is 20.8 Å². The molecular weight excluding hydrogens is 282 g/mol. The molecule has 3 N–H and O–H groups in total. The van der Waals surface area contributed by atoms with Crippen molar-refractivity contribution in [2.75, 3.05) is 5.32 Å². The monoisotopic (exact) mass is 305 g/mol. The molecule has 0 bridgehead atoms. The van der Waals surface area contributed by atoms with E-state index in [2.05, 4.69) is 46.1 Å². The van der Waals surface area contributed by atoms with Gasteiger partial charge in [-0.3, -0.25) is 0 Å². The van der Waals surface area contributed by atoms with Crippen LogP contribution in [0.3, 0.4) is 0 Å². The maximum Gasteiger partial charge on any atom is 0.100 e. The van der Waals surface area contributed by atoms with Crippen molar-refractivity contribution in [3.63, 3.8) is 0 Å². The second kappa shape index (κ2) is 7.92. The quantitative estimate of drug-likeness (QED) is 0.505. The van der Waals surface area contributed by atoms with Crippen LogP contribution in [0.25, 0.3) is 10.9 Å². The van der Waals surface area contributed by atoms with Gasteiger partial charge >= 0.3 is 0 Å². The Hall–Kier alpha value is -2.90. The highest BCUT2D eigenvalue weighted by atomic mass is 15.1. The van der Waals surface area contributed by atoms with Crippen LogP contribution in [0.4, 0.5) is 5.69 Å². The minimum Gasteiger partial charge on any atom is -0.361 e. The minimum atomic E-state index is 0.714. The van der Waals surface area contributed by atoms with Crippen LogP contribution < -0.4 is 10.6 Å². The zero-order valence-electron chi connectivity index (χ0n) is 13.9. The fraction of sp³-hybridized carbons (Fsp3) is 0.150. The first-order chi connectivity index (χ1) is 11.1. The molecular formula is C20H23N3. The summed E-state index contributed by atoms with van der Waals surface area (Å²) < 4.78 is 0. The van der Waals surface area contributed by atoms with Crippen LogP contribution >= 0.6 is 0 Å². The van der Waals surface area contributed by atoms with Gasteiger partial charge in [-0.15, -0.1) is 5.73 Å². The third-order valence-electron chi connectivity index (χ3n) is 3.13. The Morgan fingerprint density at radius 3 is 2.83 bits per heavy atom. The topological polar surface area (TPSA) is 39.8 Å². The van der Waals surface area contributed by atoms with Gasteiger partial charge in [0.15, 0.2) is 0 Å². The Morgan fingerprint density at radius 1 is 1.26 bits per heavy atom. The molecule has 0 spiro atoms. The molecule has 0 radical (unpaired) electrons. The average molecular weight is 305 g/mol. The van der Waals surface area contributed by atoms with Crippen LogP contribution in [0.5, 0.6) is 0 Å². The van der Waals surface area contributed by atoms with Gasteiger partial charge in [0, 0.05) is 23.1 Å². The lowest BCUT2D eigenvalue weighted by molar-refractivity contribution is 1.02. The Morgan fingerprint density at radius 2 is 2.09 bits per heavy atom. The standard InChI is InChI=1S/C20H23N3/c1-5-7-18(9-6-8-15(2)3)22-16(4)23-19-11-10-17-12-13-21-20(17)14-19/h5-7,9-14,21-23H,4H2,1-3H3/b7-5-,18-9+. The molecule has 0 saturated heterocycles. The molecule has 0 aliphatic rings. The fourth-order valence-electron chi connectivity index (χ4n) is 2.12. The first-order valence-corrected chi connectivity index (χ1v) is 7.61. The van der Waals surface area contributed by atoms with Crippen molar-refractivity contribution < 1.29 is 0 Å². The molecule has 0 atom stereocenters. The van der Waals surface area contributed by atoms with E-state index >= 15 is 0 Å². The zero-order chi connectivity index (χ0) is 16.7. The molecule has 0 aliphatic heterocycles.